The van der Waals surface area contributed by atoms with Crippen molar-refractivity contribution in [2.75, 3.05) is 0 Å². The van der Waals surface area contributed by atoms with Gasteiger partial charge < -0.3 is 0 Å². The molecule has 0 spiro atoms. The number of hydrogen-bond acceptors (Lipinski definition) is 0. The summed E-state index contributed by atoms with van der Waals surface area (Å²) in [6.07, 6.45) is 15.9. The van der Waals surface area contributed by atoms with E-state index in [0.717, 1.165) is 19.3 Å². The zero-order valence-electron chi connectivity index (χ0n) is 11.6. The van der Waals surface area contributed by atoms with Crippen LogP contribution in [-0.2, 0) is 0 Å². The van der Waals surface area contributed by atoms with Crippen molar-refractivity contribution in [1.82, 2.24) is 0 Å². The van der Waals surface area contributed by atoms with E-state index in [2.05, 4.69) is 32.7 Å². The summed E-state index contributed by atoms with van der Waals surface area (Å²) in [5.41, 5.74) is 0. The molecule has 0 heteroatoms. The molecule has 0 aliphatic heterocycles. The summed E-state index contributed by atoms with van der Waals surface area (Å²) < 4.78 is 0. The average molecular weight is 233 g/mol. The first-order chi connectivity index (χ1) is 8.29. The van der Waals surface area contributed by atoms with Crippen molar-refractivity contribution in [1.29, 1.82) is 0 Å². The van der Waals surface area contributed by atoms with Crippen LogP contribution in [0.4, 0.5) is 0 Å². The molecule has 0 bridgehead atoms. The van der Waals surface area contributed by atoms with Gasteiger partial charge in [0, 0.05) is 0 Å². The minimum atomic E-state index is 0.681. The van der Waals surface area contributed by atoms with E-state index in [1.807, 2.05) is 12.2 Å². The minimum absolute atomic E-state index is 0.681. The summed E-state index contributed by atoms with van der Waals surface area (Å²) in [5, 5.41) is 0. The third kappa shape index (κ3) is 8.01. The lowest BCUT2D eigenvalue weighted by atomic mass is 9.81. The van der Waals surface area contributed by atoms with Gasteiger partial charge in [0.25, 0.3) is 0 Å². The second kappa shape index (κ2) is 11.7. The van der Waals surface area contributed by atoms with Gasteiger partial charge in [-0.1, -0.05) is 50.8 Å². The lowest BCUT2D eigenvalue weighted by Crippen LogP contribution is -2.11. The predicted octanol–water partition coefficient (Wildman–Crippen LogP) is 5.88. The van der Waals surface area contributed by atoms with Crippen LogP contribution >= 0.6 is 0 Å². The summed E-state index contributed by atoms with van der Waals surface area (Å²) in [4.78, 5) is 0. The monoisotopic (exact) mass is 233 g/mol. The Morgan fingerprint density at radius 3 is 2.06 bits per heavy atom. The van der Waals surface area contributed by atoms with Crippen LogP contribution in [0.15, 0.2) is 38.0 Å². The van der Waals surface area contributed by atoms with E-state index in [-0.39, 0.29) is 0 Å². The van der Waals surface area contributed by atoms with E-state index < -0.39 is 0 Å². The molecule has 0 saturated carbocycles. The summed E-state index contributed by atoms with van der Waals surface area (Å²) in [6.45, 7) is 13.8. The number of unbranched alkanes of at least 4 members (excludes halogenated alkanes) is 3. The Hall–Kier alpha value is -0.780. The maximum atomic E-state index is 3.88. The first-order valence-corrected chi connectivity index (χ1v) is 6.97. The highest BCUT2D eigenvalue weighted by molar-refractivity contribution is 5.06. The van der Waals surface area contributed by atoms with Crippen molar-refractivity contribution in [3.63, 3.8) is 0 Å². The second-order valence-electron chi connectivity index (χ2n) is 4.71. The highest BCUT2D eigenvalue weighted by Gasteiger charge is 2.18. The Bertz CT molecular complexity index is 192. The van der Waals surface area contributed by atoms with Gasteiger partial charge in [0.1, 0.15) is 0 Å². The van der Waals surface area contributed by atoms with E-state index in [4.69, 9.17) is 0 Å². The van der Waals surface area contributed by atoms with Crippen LogP contribution in [0.2, 0.25) is 0 Å². The Morgan fingerprint density at radius 2 is 1.59 bits per heavy atom. The van der Waals surface area contributed by atoms with E-state index in [0.29, 0.717) is 5.92 Å². The quantitative estimate of drug-likeness (QED) is 0.292. The van der Waals surface area contributed by atoms with Crippen LogP contribution in [-0.4, -0.2) is 0 Å². The molecule has 0 aliphatic rings. The number of hydrogen-bond donors (Lipinski definition) is 0. The molecular formula is C17H29. The highest BCUT2D eigenvalue weighted by atomic mass is 14.2. The summed E-state index contributed by atoms with van der Waals surface area (Å²) in [7, 11) is 0. The SMILES string of the molecule is C=CC[C](CC=C)C(CC=C)CCCCCC. The van der Waals surface area contributed by atoms with Gasteiger partial charge in [0.05, 0.1) is 0 Å². The normalized spacial score (nSPS) is 12.4. The van der Waals surface area contributed by atoms with E-state index in [1.54, 1.807) is 5.92 Å². The fourth-order valence-electron chi connectivity index (χ4n) is 2.29. The third-order valence-electron chi connectivity index (χ3n) is 3.25. The van der Waals surface area contributed by atoms with Gasteiger partial charge in [-0.3, -0.25) is 0 Å². The number of allylic oxidation sites excluding steroid dienone is 3. The summed E-state index contributed by atoms with van der Waals surface area (Å²) >= 11 is 0. The summed E-state index contributed by atoms with van der Waals surface area (Å²) in [5.74, 6) is 2.26. The molecule has 0 N–H and O–H groups in total. The Balaban J connectivity index is 4.17. The Kier molecular flexibility index (Phi) is 11.2. The van der Waals surface area contributed by atoms with Crippen molar-refractivity contribution < 1.29 is 0 Å². The molecule has 1 unspecified atom stereocenters. The highest BCUT2D eigenvalue weighted by Crippen LogP contribution is 2.31. The lowest BCUT2D eigenvalue weighted by molar-refractivity contribution is 0.453. The molecule has 0 aromatic rings. The van der Waals surface area contributed by atoms with Crippen molar-refractivity contribution in [2.45, 2.75) is 58.3 Å². The maximum Gasteiger partial charge on any atom is -0.0132 e. The largest absolute Gasteiger partial charge is 0.103 e. The van der Waals surface area contributed by atoms with Crippen LogP contribution < -0.4 is 0 Å². The molecule has 0 heterocycles. The zero-order chi connectivity index (χ0) is 12.9. The molecule has 1 atom stereocenters. The first kappa shape index (κ1) is 16.2. The molecule has 97 valence electrons. The molecule has 0 rings (SSSR count). The molecule has 0 aliphatic carbocycles. The van der Waals surface area contributed by atoms with Crippen LogP contribution in [0.5, 0.6) is 0 Å². The topological polar surface area (TPSA) is 0 Å². The zero-order valence-corrected chi connectivity index (χ0v) is 11.6. The molecule has 0 aromatic carbocycles. The van der Waals surface area contributed by atoms with Gasteiger partial charge >= 0.3 is 0 Å². The smallest absolute Gasteiger partial charge is 0.0132 e. The molecule has 0 fully saturated rings. The van der Waals surface area contributed by atoms with Gasteiger partial charge in [-0.2, -0.15) is 0 Å². The lowest BCUT2D eigenvalue weighted by Gasteiger charge is -2.24. The molecular weight excluding hydrogens is 204 g/mol. The van der Waals surface area contributed by atoms with Gasteiger partial charge in [0.15, 0.2) is 0 Å². The Morgan fingerprint density at radius 1 is 0.941 bits per heavy atom. The molecule has 1 radical (unpaired) electrons. The molecule has 17 heavy (non-hydrogen) atoms. The summed E-state index contributed by atoms with van der Waals surface area (Å²) in [6, 6.07) is 0. The molecule has 0 nitrogen and oxygen atoms in total. The van der Waals surface area contributed by atoms with Crippen molar-refractivity contribution >= 4 is 0 Å². The second-order valence-corrected chi connectivity index (χ2v) is 4.71. The average Bonchev–Trinajstić information content (AvgIpc) is 2.33. The van der Waals surface area contributed by atoms with Gasteiger partial charge in [0.2, 0.25) is 0 Å². The van der Waals surface area contributed by atoms with E-state index >= 15 is 0 Å². The molecule has 0 amide bonds. The van der Waals surface area contributed by atoms with Crippen LogP contribution in [0.3, 0.4) is 0 Å². The van der Waals surface area contributed by atoms with Crippen molar-refractivity contribution in [3.05, 3.63) is 43.9 Å². The number of rotatable bonds is 12. The van der Waals surface area contributed by atoms with Crippen molar-refractivity contribution in [3.8, 4) is 0 Å². The van der Waals surface area contributed by atoms with Gasteiger partial charge in [-0.05, 0) is 37.5 Å². The first-order valence-electron chi connectivity index (χ1n) is 6.97. The van der Waals surface area contributed by atoms with Crippen LogP contribution in [0.25, 0.3) is 0 Å². The fourth-order valence-corrected chi connectivity index (χ4v) is 2.29. The minimum Gasteiger partial charge on any atom is -0.103 e. The maximum absolute atomic E-state index is 3.88. The van der Waals surface area contributed by atoms with Gasteiger partial charge in [-0.25, -0.2) is 0 Å². The van der Waals surface area contributed by atoms with Crippen LogP contribution in [0.1, 0.15) is 58.3 Å². The third-order valence-corrected chi connectivity index (χ3v) is 3.25. The van der Waals surface area contributed by atoms with E-state index in [1.165, 1.54) is 32.1 Å². The molecule has 0 aromatic heterocycles. The van der Waals surface area contributed by atoms with Crippen molar-refractivity contribution in [2.24, 2.45) is 5.92 Å². The van der Waals surface area contributed by atoms with Gasteiger partial charge in [-0.15, -0.1) is 19.7 Å². The van der Waals surface area contributed by atoms with Crippen LogP contribution in [0, 0.1) is 11.8 Å². The van der Waals surface area contributed by atoms with E-state index in [9.17, 15) is 0 Å². The molecule has 0 saturated heterocycles. The standard InChI is InChI=1S/C17H29/c1-5-9-10-11-15-17(14-8-4)16(12-6-2)13-7-3/h6-8,17H,2-5,9-15H2,1H3. The fraction of sp³-hybridized carbons (Fsp3) is 0.588. The Labute approximate surface area is 109 Å². The predicted molar refractivity (Wildman–Crippen MR) is 79.9 cm³/mol.